The summed E-state index contributed by atoms with van der Waals surface area (Å²) in [6.07, 6.45) is 4.42. The van der Waals surface area contributed by atoms with E-state index < -0.39 is 15.7 Å². The highest BCUT2D eigenvalue weighted by Crippen LogP contribution is 2.27. The number of guanidine groups is 1. The van der Waals surface area contributed by atoms with Crippen molar-refractivity contribution < 1.29 is 12.8 Å². The van der Waals surface area contributed by atoms with Gasteiger partial charge >= 0.3 is 0 Å². The number of hydrogen-bond donors (Lipinski definition) is 2. The molecule has 3 rings (SSSR count). The molecule has 0 spiro atoms. The van der Waals surface area contributed by atoms with Gasteiger partial charge in [-0.2, -0.15) is 0 Å². The number of halogens is 1. The molecular formula is C19H22FN3O2S. The summed E-state index contributed by atoms with van der Waals surface area (Å²) in [6.45, 7) is 0.0353. The molecule has 0 aromatic heterocycles. The molecule has 5 nitrogen and oxygen atoms in total. The van der Waals surface area contributed by atoms with Gasteiger partial charge in [-0.05, 0) is 67.1 Å². The third kappa shape index (κ3) is 4.40. The lowest BCUT2D eigenvalue weighted by Crippen LogP contribution is -2.25. The van der Waals surface area contributed by atoms with Crippen molar-refractivity contribution in [2.24, 2.45) is 10.7 Å². The lowest BCUT2D eigenvalue weighted by molar-refractivity contribution is 0.594. The van der Waals surface area contributed by atoms with Crippen molar-refractivity contribution >= 4 is 21.5 Å². The zero-order valence-corrected chi connectivity index (χ0v) is 15.2. The van der Waals surface area contributed by atoms with Gasteiger partial charge in [0.05, 0.1) is 17.2 Å². The maximum Gasteiger partial charge on any atom is 0.193 e. The summed E-state index contributed by atoms with van der Waals surface area (Å²) in [5.41, 5.74) is 9.44. The molecule has 0 atom stereocenters. The number of rotatable bonds is 5. The van der Waals surface area contributed by atoms with Crippen molar-refractivity contribution in [3.05, 3.63) is 59.4 Å². The van der Waals surface area contributed by atoms with Crippen LogP contribution in [0.5, 0.6) is 0 Å². The molecule has 0 amide bonds. The van der Waals surface area contributed by atoms with Gasteiger partial charge < -0.3 is 11.1 Å². The monoisotopic (exact) mass is 375 g/mol. The van der Waals surface area contributed by atoms with E-state index in [2.05, 4.69) is 16.4 Å². The number of benzene rings is 2. The molecule has 1 aliphatic carbocycles. The van der Waals surface area contributed by atoms with Crippen LogP contribution < -0.4 is 11.1 Å². The molecule has 2 aromatic carbocycles. The smallest absolute Gasteiger partial charge is 0.193 e. The van der Waals surface area contributed by atoms with Gasteiger partial charge in [0.25, 0.3) is 0 Å². The molecule has 0 radical (unpaired) electrons. The number of aryl methyl sites for hydroxylation is 1. The molecule has 0 heterocycles. The Balaban J connectivity index is 1.63. The summed E-state index contributed by atoms with van der Waals surface area (Å²) in [4.78, 5) is 4.21. The van der Waals surface area contributed by atoms with Crippen molar-refractivity contribution in [2.45, 2.75) is 30.6 Å². The van der Waals surface area contributed by atoms with Crippen LogP contribution in [0.1, 0.15) is 24.0 Å². The van der Waals surface area contributed by atoms with Crippen LogP contribution in [0.3, 0.4) is 0 Å². The van der Waals surface area contributed by atoms with Crippen molar-refractivity contribution in [1.82, 2.24) is 0 Å². The quantitative estimate of drug-likeness (QED) is 0.478. The zero-order valence-electron chi connectivity index (χ0n) is 14.4. The van der Waals surface area contributed by atoms with E-state index in [1.54, 1.807) is 0 Å². The number of nitrogens with zero attached hydrogens (tertiary/aromatic N) is 1. The normalized spacial score (nSPS) is 14.7. The molecule has 3 N–H and O–H groups in total. The van der Waals surface area contributed by atoms with Crippen LogP contribution in [-0.2, 0) is 22.7 Å². The number of nitrogens with one attached hydrogen (secondary N) is 1. The van der Waals surface area contributed by atoms with E-state index in [0.717, 1.165) is 37.1 Å². The molecule has 1 aliphatic rings. The number of nitrogens with two attached hydrogens (primary N) is 1. The molecule has 0 unspecified atom stereocenters. The molecule has 2 aromatic rings. The molecular weight excluding hydrogens is 353 g/mol. The van der Waals surface area contributed by atoms with Crippen LogP contribution in [0, 0.1) is 5.82 Å². The van der Waals surface area contributed by atoms with Crippen LogP contribution in [0.4, 0.5) is 10.1 Å². The van der Waals surface area contributed by atoms with Crippen molar-refractivity contribution in [3.8, 4) is 0 Å². The topological polar surface area (TPSA) is 84.5 Å². The number of aliphatic imine (C=N–C) groups is 1. The van der Waals surface area contributed by atoms with E-state index in [4.69, 9.17) is 5.73 Å². The number of hydrogen-bond acceptors (Lipinski definition) is 3. The first-order valence-corrected chi connectivity index (χ1v) is 10.3. The van der Waals surface area contributed by atoms with E-state index >= 15 is 0 Å². The van der Waals surface area contributed by atoms with Gasteiger partial charge in [0.2, 0.25) is 0 Å². The first-order chi connectivity index (χ1) is 12.5. The fourth-order valence-corrected chi connectivity index (χ4v) is 4.24. The van der Waals surface area contributed by atoms with Gasteiger partial charge in [0, 0.05) is 5.69 Å². The van der Waals surface area contributed by atoms with Gasteiger partial charge in [-0.3, -0.25) is 4.99 Å². The fraction of sp³-hybridized carbons (Fsp3) is 0.316. The Labute approximate surface area is 153 Å². The Hall–Kier alpha value is -2.41. The lowest BCUT2D eigenvalue weighted by Gasteiger charge is -2.19. The maximum atomic E-state index is 12.9. The summed E-state index contributed by atoms with van der Waals surface area (Å²) in [6, 6.07) is 10.8. The van der Waals surface area contributed by atoms with Crippen LogP contribution in [0.25, 0.3) is 0 Å². The number of fused-ring (bicyclic) bond motifs is 1. The average molecular weight is 375 g/mol. The van der Waals surface area contributed by atoms with E-state index in [9.17, 15) is 12.8 Å². The first-order valence-electron chi connectivity index (χ1n) is 8.62. The van der Waals surface area contributed by atoms with Crippen LogP contribution in [0.2, 0.25) is 0 Å². The van der Waals surface area contributed by atoms with Crippen molar-refractivity contribution in [2.75, 3.05) is 17.6 Å². The molecule has 0 saturated carbocycles. The number of sulfone groups is 1. The van der Waals surface area contributed by atoms with E-state index in [1.165, 1.54) is 29.7 Å². The largest absolute Gasteiger partial charge is 0.370 e. The summed E-state index contributed by atoms with van der Waals surface area (Å²) in [5, 5.41) is 3.09. The van der Waals surface area contributed by atoms with Crippen molar-refractivity contribution in [1.29, 1.82) is 0 Å². The number of anilines is 1. The third-order valence-corrected chi connectivity index (χ3v) is 6.18. The van der Waals surface area contributed by atoms with Gasteiger partial charge in [-0.25, -0.2) is 12.8 Å². The minimum atomic E-state index is -3.52. The minimum Gasteiger partial charge on any atom is -0.370 e. The SMILES string of the molecule is NC(=NCCS(=O)(=O)c1ccc(F)cc1)Nc1cccc2c1CCCC2. The van der Waals surface area contributed by atoms with Crippen LogP contribution in [0.15, 0.2) is 52.4 Å². The van der Waals surface area contributed by atoms with Crippen LogP contribution >= 0.6 is 0 Å². The second kappa shape index (κ2) is 7.86. The van der Waals surface area contributed by atoms with Gasteiger partial charge in [-0.1, -0.05) is 12.1 Å². The second-order valence-corrected chi connectivity index (χ2v) is 8.42. The van der Waals surface area contributed by atoms with Gasteiger partial charge in [-0.15, -0.1) is 0 Å². The Morgan fingerprint density at radius 1 is 1.12 bits per heavy atom. The summed E-state index contributed by atoms with van der Waals surface area (Å²) in [5.74, 6) is -0.464. The van der Waals surface area contributed by atoms with Crippen molar-refractivity contribution in [3.63, 3.8) is 0 Å². The second-order valence-electron chi connectivity index (χ2n) is 6.32. The predicted molar refractivity (Wildman–Crippen MR) is 102 cm³/mol. The first kappa shape index (κ1) is 18.4. The Morgan fingerprint density at radius 3 is 2.62 bits per heavy atom. The molecule has 138 valence electrons. The third-order valence-electron chi connectivity index (χ3n) is 4.47. The molecule has 0 saturated heterocycles. The fourth-order valence-electron chi connectivity index (χ4n) is 3.12. The Bertz CT molecular complexity index is 909. The van der Waals surface area contributed by atoms with E-state index in [0.29, 0.717) is 0 Å². The molecule has 0 aliphatic heterocycles. The van der Waals surface area contributed by atoms with E-state index in [-0.39, 0.29) is 23.2 Å². The summed E-state index contributed by atoms with van der Waals surface area (Å²) < 4.78 is 37.4. The highest BCUT2D eigenvalue weighted by Gasteiger charge is 2.15. The average Bonchev–Trinajstić information content (AvgIpc) is 2.62. The lowest BCUT2D eigenvalue weighted by atomic mass is 9.90. The maximum absolute atomic E-state index is 12.9. The molecule has 0 bridgehead atoms. The summed E-state index contributed by atoms with van der Waals surface area (Å²) in [7, 11) is -3.52. The molecule has 26 heavy (non-hydrogen) atoms. The summed E-state index contributed by atoms with van der Waals surface area (Å²) >= 11 is 0. The van der Waals surface area contributed by atoms with Gasteiger partial charge in [0.1, 0.15) is 5.82 Å². The standard InChI is InChI=1S/C19H22FN3O2S/c20-15-8-10-16(11-9-15)26(24,25)13-12-22-19(21)23-18-7-3-5-14-4-1-2-6-17(14)18/h3,5,7-11H,1-2,4,6,12-13H2,(H3,21,22,23). The molecule has 7 heteroatoms. The predicted octanol–water partition coefficient (Wildman–Crippen LogP) is 2.91. The van der Waals surface area contributed by atoms with E-state index in [1.807, 2.05) is 12.1 Å². The minimum absolute atomic E-state index is 0.0353. The Morgan fingerprint density at radius 2 is 1.85 bits per heavy atom. The zero-order chi connectivity index (χ0) is 18.6. The highest BCUT2D eigenvalue weighted by atomic mass is 32.2. The Kier molecular flexibility index (Phi) is 5.56. The van der Waals surface area contributed by atoms with Crippen LogP contribution in [-0.4, -0.2) is 26.7 Å². The van der Waals surface area contributed by atoms with Gasteiger partial charge in [0.15, 0.2) is 15.8 Å². The highest BCUT2D eigenvalue weighted by molar-refractivity contribution is 7.91. The molecule has 0 fully saturated rings.